The molecule has 2 aromatic carbocycles. The molecule has 1 unspecified atom stereocenters. The van der Waals surface area contributed by atoms with Crippen LogP contribution in [0.4, 0.5) is 16.2 Å². The Kier molecular flexibility index (Phi) is 5.88. The molecule has 1 saturated heterocycles. The second kappa shape index (κ2) is 8.36. The molecule has 0 aromatic heterocycles. The minimum atomic E-state index is -1.34. The molecule has 1 heterocycles. The molecule has 3 rings (SSSR count). The number of hydrogen-bond acceptors (Lipinski definition) is 6. The predicted molar refractivity (Wildman–Crippen MR) is 108 cm³/mol. The van der Waals surface area contributed by atoms with Crippen molar-refractivity contribution in [3.8, 4) is 5.75 Å². The van der Waals surface area contributed by atoms with Gasteiger partial charge in [-0.3, -0.25) is 14.4 Å². The van der Waals surface area contributed by atoms with Crippen molar-refractivity contribution in [2.45, 2.75) is 25.0 Å². The van der Waals surface area contributed by atoms with Crippen LogP contribution in [0, 0.1) is 0 Å². The Morgan fingerprint density at radius 1 is 1.17 bits per heavy atom. The van der Waals surface area contributed by atoms with Gasteiger partial charge in [-0.2, -0.15) is 0 Å². The van der Waals surface area contributed by atoms with Gasteiger partial charge in [0, 0.05) is 12.1 Å². The highest BCUT2D eigenvalue weighted by Crippen LogP contribution is 2.35. The number of anilines is 2. The maximum atomic E-state index is 12.8. The van der Waals surface area contributed by atoms with Crippen LogP contribution in [0.3, 0.4) is 0 Å². The van der Waals surface area contributed by atoms with E-state index < -0.39 is 34.0 Å². The summed E-state index contributed by atoms with van der Waals surface area (Å²) in [6, 6.07) is 10.7. The molecular formula is C20H18N2O6S. The molecule has 0 bridgehead atoms. The summed E-state index contributed by atoms with van der Waals surface area (Å²) in [6.07, 6.45) is 0.402. The number of aromatic hydroxyl groups is 1. The van der Waals surface area contributed by atoms with Crippen molar-refractivity contribution in [2.75, 3.05) is 10.2 Å². The fourth-order valence-electron chi connectivity index (χ4n) is 3.00. The lowest BCUT2D eigenvalue weighted by Crippen LogP contribution is -2.33. The molecule has 0 saturated carbocycles. The number of para-hydroxylation sites is 1. The van der Waals surface area contributed by atoms with Crippen molar-refractivity contribution >= 4 is 46.2 Å². The van der Waals surface area contributed by atoms with Crippen molar-refractivity contribution in [3.05, 3.63) is 53.6 Å². The van der Waals surface area contributed by atoms with Gasteiger partial charge in [0.25, 0.3) is 5.24 Å². The molecule has 1 aliphatic rings. The van der Waals surface area contributed by atoms with Crippen molar-refractivity contribution in [1.82, 2.24) is 0 Å². The number of rotatable bonds is 6. The second-order valence-corrected chi connectivity index (χ2v) is 7.47. The first-order valence-corrected chi connectivity index (χ1v) is 9.68. The highest BCUT2D eigenvalue weighted by Gasteiger charge is 2.42. The Balaban J connectivity index is 1.72. The summed E-state index contributed by atoms with van der Waals surface area (Å²) in [5, 5.41) is 19.7. The molecule has 3 amide bonds. The van der Waals surface area contributed by atoms with Gasteiger partial charge in [0.05, 0.1) is 5.69 Å². The van der Waals surface area contributed by atoms with Crippen LogP contribution in [0.25, 0.3) is 0 Å². The molecule has 1 atom stereocenters. The molecule has 2 aromatic rings. The standard InChI is InChI=1S/C20H18N2O6S/c1-2-11-5-3-4-6-14(11)22-18(25)16(29-20(22)28)10-17(24)21-12-7-8-15(23)13(9-12)19(26)27/h3-9,16,23H,2,10H2,1H3,(H,21,24)(H,26,27). The smallest absolute Gasteiger partial charge is 0.339 e. The van der Waals surface area contributed by atoms with Gasteiger partial charge in [-0.05, 0) is 48.0 Å². The number of aromatic carboxylic acids is 1. The maximum absolute atomic E-state index is 12.8. The topological polar surface area (TPSA) is 124 Å². The average molecular weight is 414 g/mol. The first-order valence-electron chi connectivity index (χ1n) is 8.80. The van der Waals surface area contributed by atoms with Crippen molar-refractivity contribution < 1.29 is 29.4 Å². The number of carbonyl (C=O) groups excluding carboxylic acids is 3. The fraction of sp³-hybridized carbons (Fsp3) is 0.200. The molecule has 9 heteroatoms. The van der Waals surface area contributed by atoms with Gasteiger partial charge < -0.3 is 15.5 Å². The van der Waals surface area contributed by atoms with Crippen LogP contribution in [0.1, 0.15) is 29.3 Å². The first-order chi connectivity index (χ1) is 13.8. The SMILES string of the molecule is CCc1ccccc1N1C(=O)SC(CC(=O)Nc2ccc(O)c(C(=O)O)c2)C1=O. The normalized spacial score (nSPS) is 16.2. The summed E-state index contributed by atoms with van der Waals surface area (Å²) in [7, 11) is 0. The number of hydrogen-bond donors (Lipinski definition) is 3. The summed E-state index contributed by atoms with van der Waals surface area (Å²) >= 11 is 0.788. The van der Waals surface area contributed by atoms with E-state index in [2.05, 4.69) is 5.32 Å². The minimum absolute atomic E-state index is 0.167. The first kappa shape index (κ1) is 20.4. The average Bonchev–Trinajstić information content (AvgIpc) is 2.96. The number of nitrogens with one attached hydrogen (secondary N) is 1. The molecule has 0 aliphatic carbocycles. The van der Waals surface area contributed by atoms with Crippen LogP contribution in [-0.4, -0.2) is 38.5 Å². The highest BCUT2D eigenvalue weighted by molar-refractivity contribution is 8.15. The van der Waals surface area contributed by atoms with E-state index in [0.29, 0.717) is 12.1 Å². The number of amides is 3. The third-order valence-electron chi connectivity index (χ3n) is 4.42. The van der Waals surface area contributed by atoms with E-state index in [4.69, 9.17) is 5.11 Å². The van der Waals surface area contributed by atoms with Gasteiger partial charge >= 0.3 is 5.97 Å². The van der Waals surface area contributed by atoms with E-state index in [-0.39, 0.29) is 17.7 Å². The monoisotopic (exact) mass is 414 g/mol. The number of phenols is 1. The maximum Gasteiger partial charge on any atom is 0.339 e. The van der Waals surface area contributed by atoms with Gasteiger partial charge in [-0.25, -0.2) is 9.69 Å². The van der Waals surface area contributed by atoms with E-state index in [0.717, 1.165) is 34.4 Å². The Morgan fingerprint density at radius 2 is 1.90 bits per heavy atom. The lowest BCUT2D eigenvalue weighted by atomic mass is 10.1. The number of carboxylic acid groups (broad SMARTS) is 1. The van der Waals surface area contributed by atoms with E-state index in [1.165, 1.54) is 6.07 Å². The number of aryl methyl sites for hydroxylation is 1. The molecule has 150 valence electrons. The van der Waals surface area contributed by atoms with Gasteiger partial charge in [0.15, 0.2) is 0 Å². The molecular weight excluding hydrogens is 396 g/mol. The predicted octanol–water partition coefficient (Wildman–Crippen LogP) is 3.25. The van der Waals surface area contributed by atoms with Gasteiger partial charge in [-0.15, -0.1) is 0 Å². The Morgan fingerprint density at radius 3 is 2.59 bits per heavy atom. The minimum Gasteiger partial charge on any atom is -0.507 e. The zero-order valence-electron chi connectivity index (χ0n) is 15.4. The molecule has 1 fully saturated rings. The van der Waals surface area contributed by atoms with Crippen LogP contribution in [0.2, 0.25) is 0 Å². The number of benzene rings is 2. The molecule has 3 N–H and O–H groups in total. The zero-order chi connectivity index (χ0) is 21.1. The summed E-state index contributed by atoms with van der Waals surface area (Å²) in [4.78, 5) is 49.7. The van der Waals surface area contributed by atoms with Gasteiger partial charge in [0.2, 0.25) is 11.8 Å². The van der Waals surface area contributed by atoms with Crippen LogP contribution >= 0.6 is 11.8 Å². The molecule has 0 radical (unpaired) electrons. The lowest BCUT2D eigenvalue weighted by Gasteiger charge is -2.17. The Bertz CT molecular complexity index is 1010. The van der Waals surface area contributed by atoms with E-state index in [1.54, 1.807) is 12.1 Å². The van der Waals surface area contributed by atoms with Crippen molar-refractivity contribution in [3.63, 3.8) is 0 Å². The Hall–Kier alpha value is -3.33. The van der Waals surface area contributed by atoms with Crippen LogP contribution in [0.15, 0.2) is 42.5 Å². The van der Waals surface area contributed by atoms with E-state index >= 15 is 0 Å². The zero-order valence-corrected chi connectivity index (χ0v) is 16.2. The third-order valence-corrected chi connectivity index (χ3v) is 5.45. The third kappa shape index (κ3) is 4.24. The molecule has 0 spiro atoms. The number of nitrogens with zero attached hydrogens (tertiary/aromatic N) is 1. The number of thioether (sulfide) groups is 1. The molecule has 29 heavy (non-hydrogen) atoms. The molecule has 8 nitrogen and oxygen atoms in total. The molecule has 1 aliphatic heterocycles. The van der Waals surface area contributed by atoms with Crippen molar-refractivity contribution in [2.24, 2.45) is 0 Å². The number of carbonyl (C=O) groups is 4. The Labute approximate surface area is 170 Å². The summed E-state index contributed by atoms with van der Waals surface area (Å²) in [5.74, 6) is -2.77. The van der Waals surface area contributed by atoms with Crippen LogP contribution in [-0.2, 0) is 16.0 Å². The van der Waals surface area contributed by atoms with E-state index in [9.17, 15) is 24.3 Å². The fourth-order valence-corrected chi connectivity index (χ4v) is 3.98. The number of carboxylic acids is 1. The van der Waals surface area contributed by atoms with Crippen LogP contribution in [0.5, 0.6) is 5.75 Å². The van der Waals surface area contributed by atoms with Crippen LogP contribution < -0.4 is 10.2 Å². The summed E-state index contributed by atoms with van der Waals surface area (Å²) in [6.45, 7) is 1.92. The second-order valence-electron chi connectivity index (χ2n) is 6.32. The highest BCUT2D eigenvalue weighted by atomic mass is 32.2. The van der Waals surface area contributed by atoms with Crippen molar-refractivity contribution in [1.29, 1.82) is 0 Å². The quantitative estimate of drug-likeness (QED) is 0.620. The van der Waals surface area contributed by atoms with E-state index in [1.807, 2.05) is 19.1 Å². The van der Waals surface area contributed by atoms with Gasteiger partial charge in [-0.1, -0.05) is 25.1 Å². The summed E-state index contributed by atoms with van der Waals surface area (Å²) < 4.78 is 0. The summed E-state index contributed by atoms with van der Waals surface area (Å²) in [5.41, 5.74) is 1.18. The van der Waals surface area contributed by atoms with Gasteiger partial charge in [0.1, 0.15) is 16.6 Å². The lowest BCUT2D eigenvalue weighted by molar-refractivity contribution is -0.121. The largest absolute Gasteiger partial charge is 0.507 e. The number of imide groups is 1.